The molecule has 0 aliphatic carbocycles. The molecular formula is C15H12F2N4O4. The molecule has 0 bridgehead atoms. The summed E-state index contributed by atoms with van der Waals surface area (Å²) in [5.41, 5.74) is 2.25. The van der Waals surface area contributed by atoms with Crippen molar-refractivity contribution in [1.82, 2.24) is 10.4 Å². The first-order chi connectivity index (χ1) is 11.8. The number of benzene rings is 1. The van der Waals surface area contributed by atoms with Crippen LogP contribution in [0.4, 0.5) is 24.1 Å². The average Bonchev–Trinajstić information content (AvgIpc) is 2.51. The van der Waals surface area contributed by atoms with Crippen molar-refractivity contribution in [3.8, 4) is 5.75 Å². The number of nitrogens with zero attached hydrogens (tertiary/aromatic N) is 2. The van der Waals surface area contributed by atoms with E-state index in [1.165, 1.54) is 25.3 Å². The van der Waals surface area contributed by atoms with Gasteiger partial charge in [-0.1, -0.05) is 0 Å². The molecular weight excluding hydrogens is 338 g/mol. The minimum absolute atomic E-state index is 0.0642. The average molecular weight is 350 g/mol. The van der Waals surface area contributed by atoms with Crippen LogP contribution in [0.25, 0.3) is 0 Å². The largest absolute Gasteiger partial charge is 0.511 e. The number of ether oxygens (including phenoxy) is 1. The van der Waals surface area contributed by atoms with Crippen LogP contribution in [0, 0.1) is 11.6 Å². The van der Waals surface area contributed by atoms with E-state index in [2.05, 4.69) is 25.6 Å². The number of urea groups is 1. The number of rotatable bonds is 4. The Hall–Kier alpha value is -3.56. The molecule has 0 unspecified atom stereocenters. The van der Waals surface area contributed by atoms with E-state index in [9.17, 15) is 18.4 Å². The highest BCUT2D eigenvalue weighted by Crippen LogP contribution is 2.16. The highest BCUT2D eigenvalue weighted by atomic mass is 19.1. The minimum Gasteiger partial charge on any atom is -0.449 e. The lowest BCUT2D eigenvalue weighted by Crippen LogP contribution is -2.25. The van der Waals surface area contributed by atoms with Crippen molar-refractivity contribution in [2.45, 2.75) is 6.92 Å². The molecule has 1 aromatic heterocycles. The van der Waals surface area contributed by atoms with Gasteiger partial charge < -0.3 is 15.2 Å². The maximum absolute atomic E-state index is 13.1. The third kappa shape index (κ3) is 5.23. The fourth-order valence-electron chi connectivity index (χ4n) is 1.81. The predicted octanol–water partition coefficient (Wildman–Crippen LogP) is 2.96. The molecule has 130 valence electrons. The van der Waals surface area contributed by atoms with Gasteiger partial charge in [-0.25, -0.2) is 23.8 Å². The molecule has 0 aliphatic rings. The summed E-state index contributed by atoms with van der Waals surface area (Å²) in [5.74, 6) is -1.76. The Balaban J connectivity index is 2.08. The molecule has 3 N–H and O–H groups in total. The summed E-state index contributed by atoms with van der Waals surface area (Å²) in [6.45, 7) is 1.46. The normalized spacial score (nSPS) is 10.9. The van der Waals surface area contributed by atoms with Crippen molar-refractivity contribution < 1.29 is 28.2 Å². The fraction of sp³-hybridized carbons (Fsp3) is 0.0667. The van der Waals surface area contributed by atoms with Crippen LogP contribution in [0.3, 0.4) is 0 Å². The number of pyridine rings is 1. The van der Waals surface area contributed by atoms with Gasteiger partial charge in [0.2, 0.25) is 0 Å². The monoisotopic (exact) mass is 350 g/mol. The molecule has 2 amide bonds. The first-order valence-electron chi connectivity index (χ1n) is 6.78. The topological polar surface area (TPSA) is 113 Å². The third-order valence-electron chi connectivity index (χ3n) is 2.76. The van der Waals surface area contributed by atoms with E-state index >= 15 is 0 Å². The number of halogens is 2. The standard InChI is InChI=1S/C15H12F2N4O4/c1-8(13-12(25-15(23)24)3-2-4-18-13)20-21-14(22)19-11-6-9(16)5-10(17)7-11/h2-7H,1H3,(H,23,24)(H2,19,21,22). The maximum atomic E-state index is 13.1. The number of carbonyl (C=O) groups excluding carboxylic acids is 1. The molecule has 0 saturated heterocycles. The second-order valence-electron chi connectivity index (χ2n) is 4.64. The Bertz CT molecular complexity index is 822. The molecule has 25 heavy (non-hydrogen) atoms. The van der Waals surface area contributed by atoms with Gasteiger partial charge in [0, 0.05) is 18.0 Å². The summed E-state index contributed by atoms with van der Waals surface area (Å²) in [6, 6.07) is 4.49. The van der Waals surface area contributed by atoms with Gasteiger partial charge in [-0.15, -0.1) is 0 Å². The molecule has 0 aliphatic heterocycles. The van der Waals surface area contributed by atoms with Gasteiger partial charge in [0.25, 0.3) is 0 Å². The number of amides is 2. The van der Waals surface area contributed by atoms with Gasteiger partial charge >= 0.3 is 12.2 Å². The van der Waals surface area contributed by atoms with Gasteiger partial charge in [-0.05, 0) is 31.2 Å². The van der Waals surface area contributed by atoms with E-state index < -0.39 is 23.8 Å². The highest BCUT2D eigenvalue weighted by molar-refractivity contribution is 6.00. The van der Waals surface area contributed by atoms with E-state index in [-0.39, 0.29) is 22.8 Å². The second-order valence-corrected chi connectivity index (χ2v) is 4.64. The molecule has 2 aromatic rings. The SMILES string of the molecule is CC(=NNC(=O)Nc1cc(F)cc(F)c1)c1ncccc1OC(=O)O. The van der Waals surface area contributed by atoms with E-state index in [1.807, 2.05) is 0 Å². The van der Waals surface area contributed by atoms with E-state index in [1.54, 1.807) is 0 Å². The number of carbonyl (C=O) groups is 2. The quantitative estimate of drug-likeness (QED) is 0.446. The first-order valence-corrected chi connectivity index (χ1v) is 6.78. The number of nitrogens with one attached hydrogen (secondary N) is 2. The molecule has 10 heteroatoms. The Morgan fingerprint density at radius 2 is 1.92 bits per heavy atom. The number of aromatic nitrogens is 1. The lowest BCUT2D eigenvalue weighted by molar-refractivity contribution is 0.144. The highest BCUT2D eigenvalue weighted by Gasteiger charge is 2.12. The zero-order chi connectivity index (χ0) is 18.4. The van der Waals surface area contributed by atoms with Gasteiger partial charge in [-0.3, -0.25) is 4.98 Å². The van der Waals surface area contributed by atoms with Crippen LogP contribution < -0.4 is 15.5 Å². The van der Waals surface area contributed by atoms with Crippen molar-refractivity contribution in [1.29, 1.82) is 0 Å². The number of anilines is 1. The van der Waals surface area contributed by atoms with Crippen LogP contribution in [0.1, 0.15) is 12.6 Å². The van der Waals surface area contributed by atoms with Crippen molar-refractivity contribution in [2.75, 3.05) is 5.32 Å². The molecule has 0 fully saturated rings. The first kappa shape index (κ1) is 17.8. The Morgan fingerprint density at radius 1 is 1.24 bits per heavy atom. The van der Waals surface area contributed by atoms with E-state index in [0.29, 0.717) is 6.07 Å². The minimum atomic E-state index is -1.53. The van der Waals surface area contributed by atoms with Crippen LogP contribution >= 0.6 is 0 Å². The zero-order valence-corrected chi connectivity index (χ0v) is 12.8. The second kappa shape index (κ2) is 7.81. The number of hydrogen-bond acceptors (Lipinski definition) is 5. The fourth-order valence-corrected chi connectivity index (χ4v) is 1.81. The summed E-state index contributed by atoms with van der Waals surface area (Å²) in [4.78, 5) is 26.3. The summed E-state index contributed by atoms with van der Waals surface area (Å²) in [6.07, 6.45) is -0.139. The van der Waals surface area contributed by atoms with Crippen molar-refractivity contribution in [3.63, 3.8) is 0 Å². The van der Waals surface area contributed by atoms with Gasteiger partial charge in [-0.2, -0.15) is 5.10 Å². The molecule has 0 radical (unpaired) electrons. The lowest BCUT2D eigenvalue weighted by Gasteiger charge is -2.08. The van der Waals surface area contributed by atoms with Crippen molar-refractivity contribution in [2.24, 2.45) is 5.10 Å². The van der Waals surface area contributed by atoms with Crippen LogP contribution in [-0.4, -0.2) is 28.0 Å². The van der Waals surface area contributed by atoms with E-state index in [4.69, 9.17) is 5.11 Å². The van der Waals surface area contributed by atoms with Crippen LogP contribution in [0.15, 0.2) is 41.6 Å². The van der Waals surface area contributed by atoms with Crippen LogP contribution in [0.5, 0.6) is 5.75 Å². The number of carboxylic acid groups (broad SMARTS) is 1. The molecule has 0 spiro atoms. The zero-order valence-electron chi connectivity index (χ0n) is 12.8. The summed E-state index contributed by atoms with van der Waals surface area (Å²) >= 11 is 0. The third-order valence-corrected chi connectivity index (χ3v) is 2.76. The van der Waals surface area contributed by atoms with Gasteiger partial charge in [0.05, 0.1) is 5.71 Å². The maximum Gasteiger partial charge on any atom is 0.511 e. The summed E-state index contributed by atoms with van der Waals surface area (Å²) in [7, 11) is 0. The van der Waals surface area contributed by atoms with Crippen LogP contribution in [-0.2, 0) is 0 Å². The van der Waals surface area contributed by atoms with Crippen LogP contribution in [0.2, 0.25) is 0 Å². The Morgan fingerprint density at radius 3 is 2.56 bits per heavy atom. The number of hydrogen-bond donors (Lipinski definition) is 3. The van der Waals surface area contributed by atoms with Crippen molar-refractivity contribution in [3.05, 3.63) is 53.9 Å². The van der Waals surface area contributed by atoms with Crippen molar-refractivity contribution >= 4 is 23.6 Å². The summed E-state index contributed by atoms with van der Waals surface area (Å²) in [5, 5.41) is 14.6. The smallest absolute Gasteiger partial charge is 0.449 e. The summed E-state index contributed by atoms with van der Waals surface area (Å²) < 4.78 is 30.7. The molecule has 8 nitrogen and oxygen atoms in total. The molecule has 2 rings (SSSR count). The molecule has 0 atom stereocenters. The molecule has 1 aromatic carbocycles. The predicted molar refractivity (Wildman–Crippen MR) is 83.6 cm³/mol. The van der Waals surface area contributed by atoms with E-state index in [0.717, 1.165) is 12.1 Å². The number of hydrazone groups is 1. The Kier molecular flexibility index (Phi) is 5.56. The lowest BCUT2D eigenvalue weighted by atomic mass is 10.2. The molecule has 0 saturated carbocycles. The van der Waals surface area contributed by atoms with Gasteiger partial charge in [0.1, 0.15) is 17.3 Å². The molecule has 1 heterocycles. The van der Waals surface area contributed by atoms with Gasteiger partial charge in [0.15, 0.2) is 5.75 Å². The Labute approximate surface area is 140 Å².